The average molecular weight is 319 g/mol. The zero-order valence-corrected chi connectivity index (χ0v) is 12.6. The van der Waals surface area contributed by atoms with E-state index in [9.17, 15) is 17.2 Å². The highest BCUT2D eigenvalue weighted by Crippen LogP contribution is 2.22. The minimum Gasteiger partial charge on any atom is -0.399 e. The molecule has 0 amide bonds. The predicted molar refractivity (Wildman–Crippen MR) is 76.2 cm³/mol. The molecule has 118 valence electrons. The Kier molecular flexibility index (Phi) is 4.80. The number of likely N-dealkylation sites (tertiary alicyclic amines) is 1. The number of sulfonamides is 1. The Morgan fingerprint density at radius 3 is 2.57 bits per heavy atom. The zero-order valence-electron chi connectivity index (χ0n) is 11.8. The number of benzene rings is 1. The molecule has 1 unspecified atom stereocenters. The highest BCUT2D eigenvalue weighted by atomic mass is 32.2. The summed E-state index contributed by atoms with van der Waals surface area (Å²) in [5.41, 5.74) is 5.12. The smallest absolute Gasteiger partial charge is 0.246 e. The Hall–Kier alpha value is -1.25. The first-order valence-corrected chi connectivity index (χ1v) is 8.31. The molecule has 8 heteroatoms. The summed E-state index contributed by atoms with van der Waals surface area (Å²) < 4.78 is 53.9. The fourth-order valence-electron chi connectivity index (χ4n) is 2.66. The van der Waals surface area contributed by atoms with E-state index >= 15 is 0 Å². The quantitative estimate of drug-likeness (QED) is 0.803. The van der Waals surface area contributed by atoms with Crippen LogP contribution >= 0.6 is 0 Å². The van der Waals surface area contributed by atoms with Gasteiger partial charge in [-0.3, -0.25) is 4.90 Å². The number of nitrogens with one attached hydrogen (secondary N) is 1. The lowest BCUT2D eigenvalue weighted by Crippen LogP contribution is -2.40. The fourth-order valence-corrected chi connectivity index (χ4v) is 3.84. The first kappa shape index (κ1) is 16.1. The van der Waals surface area contributed by atoms with Crippen LogP contribution in [0.2, 0.25) is 0 Å². The van der Waals surface area contributed by atoms with Gasteiger partial charge in [0, 0.05) is 18.3 Å². The van der Waals surface area contributed by atoms with Crippen molar-refractivity contribution in [2.75, 3.05) is 25.4 Å². The molecule has 1 aromatic carbocycles. The van der Waals surface area contributed by atoms with Crippen LogP contribution in [0.4, 0.5) is 14.5 Å². The molecule has 1 aliphatic rings. The van der Waals surface area contributed by atoms with Crippen molar-refractivity contribution < 1.29 is 17.2 Å². The molecule has 1 fully saturated rings. The molecule has 0 saturated carbocycles. The van der Waals surface area contributed by atoms with Crippen molar-refractivity contribution in [2.45, 2.75) is 30.7 Å². The number of likely N-dealkylation sites (N-methyl/N-ethyl adjacent to an activating group) is 1. The summed E-state index contributed by atoms with van der Waals surface area (Å²) >= 11 is 0. The standard InChI is InChI=1S/C13H19F2N3O2S/c1-2-18-5-3-4-10(18)8-17-21(19,20)13-11(14)6-9(16)7-12(13)15/h6-7,10,17H,2-5,8,16H2,1H3. The highest BCUT2D eigenvalue weighted by Gasteiger charge is 2.28. The van der Waals surface area contributed by atoms with Gasteiger partial charge in [-0.1, -0.05) is 6.92 Å². The van der Waals surface area contributed by atoms with Gasteiger partial charge in [0.2, 0.25) is 10.0 Å². The van der Waals surface area contributed by atoms with E-state index in [0.29, 0.717) is 0 Å². The summed E-state index contributed by atoms with van der Waals surface area (Å²) in [7, 11) is -4.24. The molecule has 1 heterocycles. The Balaban J connectivity index is 2.16. The van der Waals surface area contributed by atoms with Crippen LogP contribution in [0.1, 0.15) is 19.8 Å². The van der Waals surface area contributed by atoms with Crippen molar-refractivity contribution in [1.29, 1.82) is 0 Å². The second-order valence-corrected chi connectivity index (χ2v) is 6.79. The lowest BCUT2D eigenvalue weighted by molar-refractivity contribution is 0.268. The van der Waals surface area contributed by atoms with Gasteiger partial charge in [-0.25, -0.2) is 21.9 Å². The normalized spacial score (nSPS) is 20.0. The van der Waals surface area contributed by atoms with Gasteiger partial charge in [-0.2, -0.15) is 0 Å². The van der Waals surface area contributed by atoms with Crippen molar-refractivity contribution in [2.24, 2.45) is 0 Å². The number of hydrogen-bond donors (Lipinski definition) is 2. The Bertz CT molecular complexity index is 599. The van der Waals surface area contributed by atoms with Crippen LogP contribution in [0.15, 0.2) is 17.0 Å². The van der Waals surface area contributed by atoms with Gasteiger partial charge in [0.05, 0.1) is 0 Å². The van der Waals surface area contributed by atoms with Gasteiger partial charge in [0.15, 0.2) is 4.90 Å². The summed E-state index contributed by atoms with van der Waals surface area (Å²) in [5, 5.41) is 0. The Labute approximate surface area is 123 Å². The summed E-state index contributed by atoms with van der Waals surface area (Å²) in [6, 6.07) is 1.65. The summed E-state index contributed by atoms with van der Waals surface area (Å²) in [6.45, 7) is 3.86. The second kappa shape index (κ2) is 6.25. The topological polar surface area (TPSA) is 75.4 Å². The van der Waals surface area contributed by atoms with Crippen LogP contribution in [-0.4, -0.2) is 39.0 Å². The minimum absolute atomic E-state index is 0.0599. The molecule has 0 radical (unpaired) electrons. The van der Waals surface area contributed by atoms with Gasteiger partial charge in [0.25, 0.3) is 0 Å². The maximum atomic E-state index is 13.7. The summed E-state index contributed by atoms with van der Waals surface area (Å²) in [6.07, 6.45) is 1.86. The van der Waals surface area contributed by atoms with E-state index < -0.39 is 26.6 Å². The van der Waals surface area contributed by atoms with Crippen LogP contribution in [0.25, 0.3) is 0 Å². The highest BCUT2D eigenvalue weighted by molar-refractivity contribution is 7.89. The summed E-state index contributed by atoms with van der Waals surface area (Å²) in [5.74, 6) is -2.36. The van der Waals surface area contributed by atoms with Crippen LogP contribution in [-0.2, 0) is 10.0 Å². The Morgan fingerprint density at radius 1 is 1.38 bits per heavy atom. The number of nitrogen functional groups attached to an aromatic ring is 1. The fraction of sp³-hybridized carbons (Fsp3) is 0.538. The number of anilines is 1. The first-order chi connectivity index (χ1) is 9.85. The number of rotatable bonds is 5. The molecule has 0 aliphatic carbocycles. The third-order valence-electron chi connectivity index (χ3n) is 3.70. The molecular weight excluding hydrogens is 300 g/mol. The first-order valence-electron chi connectivity index (χ1n) is 6.83. The van der Waals surface area contributed by atoms with Crippen LogP contribution in [0.3, 0.4) is 0 Å². The average Bonchev–Trinajstić information content (AvgIpc) is 2.82. The molecule has 1 atom stereocenters. The molecule has 0 bridgehead atoms. The molecule has 5 nitrogen and oxygen atoms in total. The number of halogens is 2. The molecule has 1 aromatic rings. The molecular formula is C13H19F2N3O2S. The molecule has 0 aromatic heterocycles. The van der Waals surface area contributed by atoms with Gasteiger partial charge in [-0.15, -0.1) is 0 Å². The van der Waals surface area contributed by atoms with E-state index in [1.807, 2.05) is 6.92 Å². The third-order valence-corrected chi connectivity index (χ3v) is 5.18. The molecule has 21 heavy (non-hydrogen) atoms. The van der Waals surface area contributed by atoms with Gasteiger partial charge >= 0.3 is 0 Å². The van der Waals surface area contributed by atoms with E-state index in [4.69, 9.17) is 5.73 Å². The number of nitrogens with two attached hydrogens (primary N) is 1. The van der Waals surface area contributed by atoms with E-state index in [-0.39, 0.29) is 18.3 Å². The van der Waals surface area contributed by atoms with Crippen molar-refractivity contribution in [3.63, 3.8) is 0 Å². The van der Waals surface area contributed by atoms with Crippen molar-refractivity contribution in [1.82, 2.24) is 9.62 Å². The van der Waals surface area contributed by atoms with Gasteiger partial charge in [0.1, 0.15) is 11.6 Å². The molecule has 1 aliphatic heterocycles. The molecule has 0 spiro atoms. The van der Waals surface area contributed by atoms with Crippen molar-refractivity contribution in [3.05, 3.63) is 23.8 Å². The number of nitrogens with zero attached hydrogens (tertiary/aromatic N) is 1. The SMILES string of the molecule is CCN1CCCC1CNS(=O)(=O)c1c(F)cc(N)cc1F. The lowest BCUT2D eigenvalue weighted by atomic mass is 10.2. The number of hydrogen-bond acceptors (Lipinski definition) is 4. The van der Waals surface area contributed by atoms with Gasteiger partial charge in [-0.05, 0) is 38.1 Å². The Morgan fingerprint density at radius 2 is 2.00 bits per heavy atom. The second-order valence-electron chi connectivity index (χ2n) is 5.09. The zero-order chi connectivity index (χ0) is 15.6. The van der Waals surface area contributed by atoms with Crippen LogP contribution in [0, 0.1) is 11.6 Å². The predicted octanol–water partition coefficient (Wildman–Crippen LogP) is 1.31. The maximum absolute atomic E-state index is 13.7. The van der Waals surface area contributed by atoms with Crippen molar-refractivity contribution >= 4 is 15.7 Å². The largest absolute Gasteiger partial charge is 0.399 e. The maximum Gasteiger partial charge on any atom is 0.246 e. The van der Waals surface area contributed by atoms with Crippen LogP contribution < -0.4 is 10.5 Å². The van der Waals surface area contributed by atoms with Crippen LogP contribution in [0.5, 0.6) is 0 Å². The van der Waals surface area contributed by atoms with Crippen molar-refractivity contribution in [3.8, 4) is 0 Å². The molecule has 1 saturated heterocycles. The van der Waals surface area contributed by atoms with E-state index in [1.165, 1.54) is 0 Å². The third kappa shape index (κ3) is 3.50. The molecule has 2 rings (SSSR count). The van der Waals surface area contributed by atoms with E-state index in [1.54, 1.807) is 0 Å². The van der Waals surface area contributed by atoms with E-state index in [0.717, 1.165) is 38.1 Å². The molecule has 3 N–H and O–H groups in total. The minimum atomic E-state index is -4.24. The lowest BCUT2D eigenvalue weighted by Gasteiger charge is -2.23. The summed E-state index contributed by atoms with van der Waals surface area (Å²) in [4.78, 5) is 1.16. The van der Waals surface area contributed by atoms with Gasteiger partial charge < -0.3 is 5.73 Å². The monoisotopic (exact) mass is 319 g/mol. The van der Waals surface area contributed by atoms with E-state index in [2.05, 4.69) is 9.62 Å².